The minimum Gasteiger partial charge on any atom is -0.481 e. The molecule has 20 heavy (non-hydrogen) atoms. The number of rotatable bonds is 5. The molecule has 110 valence electrons. The number of nitrogens with one attached hydrogen (secondary N) is 1. The van der Waals surface area contributed by atoms with Crippen molar-refractivity contribution in [1.29, 1.82) is 0 Å². The van der Waals surface area contributed by atoms with E-state index in [0.717, 1.165) is 0 Å². The Morgan fingerprint density at radius 1 is 1.40 bits per heavy atom. The Kier molecular flexibility index (Phi) is 4.44. The van der Waals surface area contributed by atoms with Gasteiger partial charge in [-0.05, 0) is 18.9 Å². The molecule has 6 heteroatoms. The monoisotopic (exact) mass is 281 g/mol. The molecule has 0 aromatic carbocycles. The van der Waals surface area contributed by atoms with Gasteiger partial charge in [0.15, 0.2) is 0 Å². The first-order valence-corrected chi connectivity index (χ1v) is 6.75. The maximum Gasteiger partial charge on any atom is 0.311 e. The highest BCUT2D eigenvalue weighted by molar-refractivity contribution is 5.95. The third-order valence-corrected chi connectivity index (χ3v) is 3.80. The molecule has 2 rings (SSSR count). The number of ether oxygens (including phenoxy) is 1. The smallest absolute Gasteiger partial charge is 0.311 e. The van der Waals surface area contributed by atoms with Gasteiger partial charge < -0.3 is 19.6 Å². The predicted molar refractivity (Wildman–Crippen MR) is 70.5 cm³/mol. The van der Waals surface area contributed by atoms with Gasteiger partial charge in [0.1, 0.15) is 5.76 Å². The molecule has 1 aliphatic rings. The lowest BCUT2D eigenvalue weighted by Crippen LogP contribution is -2.46. The molecular formula is C14H19NO5. The zero-order valence-corrected chi connectivity index (χ0v) is 11.5. The van der Waals surface area contributed by atoms with Crippen molar-refractivity contribution >= 4 is 11.9 Å². The number of carbonyl (C=O) groups excluding carboxylic acids is 1. The third kappa shape index (κ3) is 2.85. The van der Waals surface area contributed by atoms with E-state index in [0.29, 0.717) is 43.8 Å². The average molecular weight is 281 g/mol. The van der Waals surface area contributed by atoms with Crippen molar-refractivity contribution in [3.8, 4) is 0 Å². The average Bonchev–Trinajstić information content (AvgIpc) is 2.94. The maximum atomic E-state index is 12.1. The van der Waals surface area contributed by atoms with E-state index in [9.17, 15) is 14.7 Å². The van der Waals surface area contributed by atoms with Crippen LogP contribution in [0.25, 0.3) is 0 Å². The number of carbonyl (C=O) groups is 2. The van der Waals surface area contributed by atoms with Crippen LogP contribution in [0.5, 0.6) is 0 Å². The summed E-state index contributed by atoms with van der Waals surface area (Å²) in [6, 6.07) is 1.60. The van der Waals surface area contributed by atoms with Gasteiger partial charge in [0.05, 0.1) is 17.2 Å². The van der Waals surface area contributed by atoms with Crippen molar-refractivity contribution < 1.29 is 23.8 Å². The normalized spacial score (nSPS) is 17.6. The molecule has 1 aromatic rings. The van der Waals surface area contributed by atoms with E-state index in [-0.39, 0.29) is 12.5 Å². The molecule has 1 fully saturated rings. The van der Waals surface area contributed by atoms with Gasteiger partial charge >= 0.3 is 5.97 Å². The Hall–Kier alpha value is -1.82. The predicted octanol–water partition coefficient (Wildman–Crippen LogP) is 1.45. The minimum atomic E-state index is -0.927. The van der Waals surface area contributed by atoms with Crippen LogP contribution in [0, 0.1) is 5.41 Å². The van der Waals surface area contributed by atoms with Crippen molar-refractivity contribution in [1.82, 2.24) is 5.32 Å². The van der Waals surface area contributed by atoms with E-state index < -0.39 is 11.4 Å². The van der Waals surface area contributed by atoms with Gasteiger partial charge in [0, 0.05) is 26.2 Å². The quantitative estimate of drug-likeness (QED) is 0.852. The minimum absolute atomic E-state index is 0.110. The lowest BCUT2D eigenvalue weighted by molar-refractivity contribution is -0.154. The summed E-state index contributed by atoms with van der Waals surface area (Å²) >= 11 is 0. The van der Waals surface area contributed by atoms with Crippen molar-refractivity contribution in [3.05, 3.63) is 23.7 Å². The fraction of sp³-hybridized carbons (Fsp3) is 0.571. The van der Waals surface area contributed by atoms with Crippen molar-refractivity contribution in [2.45, 2.75) is 26.2 Å². The number of amides is 1. The molecule has 1 amide bonds. The van der Waals surface area contributed by atoms with Gasteiger partial charge in [-0.25, -0.2) is 0 Å². The van der Waals surface area contributed by atoms with Crippen LogP contribution < -0.4 is 5.32 Å². The van der Waals surface area contributed by atoms with Crippen molar-refractivity contribution in [3.63, 3.8) is 0 Å². The van der Waals surface area contributed by atoms with E-state index in [1.165, 1.54) is 6.26 Å². The number of hydrogen-bond acceptors (Lipinski definition) is 4. The van der Waals surface area contributed by atoms with E-state index in [2.05, 4.69) is 5.32 Å². The first kappa shape index (κ1) is 14.6. The molecular weight excluding hydrogens is 262 g/mol. The van der Waals surface area contributed by atoms with E-state index in [4.69, 9.17) is 9.15 Å². The van der Waals surface area contributed by atoms with E-state index >= 15 is 0 Å². The SMILES string of the molecule is CCc1occc1C(=O)NCC1(C(=O)O)CCOCC1. The summed E-state index contributed by atoms with van der Waals surface area (Å²) in [6.45, 7) is 2.83. The molecule has 0 spiro atoms. The molecule has 1 aliphatic heterocycles. The molecule has 2 N–H and O–H groups in total. The molecule has 0 unspecified atom stereocenters. The van der Waals surface area contributed by atoms with Gasteiger partial charge in [-0.2, -0.15) is 0 Å². The van der Waals surface area contributed by atoms with E-state index in [1.807, 2.05) is 6.92 Å². The Bertz CT molecular complexity index is 488. The zero-order valence-electron chi connectivity index (χ0n) is 11.5. The standard InChI is InChI=1S/C14H19NO5/c1-2-11-10(3-6-20-11)12(16)15-9-14(13(17)18)4-7-19-8-5-14/h3,6H,2,4-5,7-9H2,1H3,(H,15,16)(H,17,18). The molecule has 0 atom stereocenters. The number of aryl methyl sites for hydroxylation is 1. The Morgan fingerprint density at radius 2 is 2.10 bits per heavy atom. The summed E-state index contributed by atoms with van der Waals surface area (Å²) < 4.78 is 10.4. The van der Waals surface area contributed by atoms with Crippen molar-refractivity contribution in [2.75, 3.05) is 19.8 Å². The third-order valence-electron chi connectivity index (χ3n) is 3.80. The van der Waals surface area contributed by atoms with E-state index in [1.54, 1.807) is 6.07 Å². The summed E-state index contributed by atoms with van der Waals surface area (Å²) in [5, 5.41) is 12.1. The number of carboxylic acid groups (broad SMARTS) is 1. The molecule has 0 bridgehead atoms. The van der Waals surface area contributed by atoms with Crippen LogP contribution in [0.3, 0.4) is 0 Å². The second-order valence-electron chi connectivity index (χ2n) is 4.99. The molecule has 0 aliphatic carbocycles. The Morgan fingerprint density at radius 3 is 2.70 bits per heavy atom. The molecule has 0 radical (unpaired) electrons. The topological polar surface area (TPSA) is 88.8 Å². The number of carboxylic acids is 1. The largest absolute Gasteiger partial charge is 0.481 e. The number of furan rings is 1. The zero-order chi connectivity index (χ0) is 14.6. The Balaban J connectivity index is 2.03. The second kappa shape index (κ2) is 6.09. The maximum absolute atomic E-state index is 12.1. The van der Waals surface area contributed by atoms with Crippen LogP contribution in [0.15, 0.2) is 16.7 Å². The van der Waals surface area contributed by atoms with Gasteiger partial charge in [-0.3, -0.25) is 9.59 Å². The summed E-state index contributed by atoms with van der Waals surface area (Å²) in [7, 11) is 0. The van der Waals surface area contributed by atoms with Gasteiger partial charge in [0.25, 0.3) is 5.91 Å². The van der Waals surface area contributed by atoms with Crippen LogP contribution in [-0.2, 0) is 16.0 Å². The summed E-state index contributed by atoms with van der Waals surface area (Å²) in [5.41, 5.74) is -0.454. The summed E-state index contributed by atoms with van der Waals surface area (Å²) in [5.74, 6) is -0.564. The highest BCUT2D eigenvalue weighted by Crippen LogP contribution is 2.30. The van der Waals surface area contributed by atoms with Crippen molar-refractivity contribution in [2.24, 2.45) is 5.41 Å². The lowest BCUT2D eigenvalue weighted by atomic mass is 9.80. The molecule has 1 aromatic heterocycles. The van der Waals surface area contributed by atoms with Gasteiger partial charge in [-0.15, -0.1) is 0 Å². The second-order valence-corrected chi connectivity index (χ2v) is 4.99. The molecule has 0 saturated carbocycles. The molecule has 2 heterocycles. The summed E-state index contributed by atoms with van der Waals surface area (Å²) in [6.07, 6.45) is 2.91. The highest BCUT2D eigenvalue weighted by atomic mass is 16.5. The molecule has 1 saturated heterocycles. The van der Waals surface area contributed by atoms with Crippen LogP contribution in [0.1, 0.15) is 35.9 Å². The van der Waals surface area contributed by atoms with Gasteiger partial charge in [0.2, 0.25) is 0 Å². The molecule has 6 nitrogen and oxygen atoms in total. The fourth-order valence-corrected chi connectivity index (χ4v) is 2.39. The van der Waals surface area contributed by atoms with Crippen LogP contribution in [0.4, 0.5) is 0 Å². The fourth-order valence-electron chi connectivity index (χ4n) is 2.39. The lowest BCUT2D eigenvalue weighted by Gasteiger charge is -2.33. The first-order valence-electron chi connectivity index (χ1n) is 6.75. The number of hydrogen-bond donors (Lipinski definition) is 2. The highest BCUT2D eigenvalue weighted by Gasteiger charge is 2.40. The van der Waals surface area contributed by atoms with Crippen LogP contribution in [0.2, 0.25) is 0 Å². The first-order chi connectivity index (χ1) is 9.59. The van der Waals surface area contributed by atoms with Crippen LogP contribution >= 0.6 is 0 Å². The Labute approximate surface area is 117 Å². The van der Waals surface area contributed by atoms with Gasteiger partial charge in [-0.1, -0.05) is 6.92 Å². The van der Waals surface area contributed by atoms with Crippen LogP contribution in [-0.4, -0.2) is 36.7 Å². The number of aliphatic carboxylic acids is 1. The summed E-state index contributed by atoms with van der Waals surface area (Å²) in [4.78, 5) is 23.6.